The van der Waals surface area contributed by atoms with Crippen molar-refractivity contribution >= 4 is 0 Å². The molecule has 2 heteroatoms. The Kier molecular flexibility index (Phi) is 5.42. The van der Waals surface area contributed by atoms with Crippen LogP contribution in [0.1, 0.15) is 58.1 Å². The Hall–Kier alpha value is -1.02. The SMILES string of the molecule is COc1ccc(C(C)(CN)CC(C)C)cc1C(C)C. The maximum atomic E-state index is 6.05. The fourth-order valence-electron chi connectivity index (χ4n) is 2.78. The first-order chi connectivity index (χ1) is 8.84. The maximum absolute atomic E-state index is 6.05. The van der Waals surface area contributed by atoms with E-state index < -0.39 is 0 Å². The van der Waals surface area contributed by atoms with Crippen LogP contribution >= 0.6 is 0 Å². The second-order valence-electron chi connectivity index (χ2n) is 6.47. The Labute approximate surface area is 118 Å². The lowest BCUT2D eigenvalue weighted by atomic mass is 9.75. The number of ether oxygens (including phenoxy) is 1. The van der Waals surface area contributed by atoms with Gasteiger partial charge in [0.2, 0.25) is 0 Å². The molecule has 0 aliphatic heterocycles. The van der Waals surface area contributed by atoms with Crippen LogP contribution in [0.5, 0.6) is 5.75 Å². The lowest BCUT2D eigenvalue weighted by Crippen LogP contribution is -2.33. The van der Waals surface area contributed by atoms with E-state index in [2.05, 4.69) is 52.8 Å². The average molecular weight is 263 g/mol. The van der Waals surface area contributed by atoms with Crippen molar-refractivity contribution in [1.82, 2.24) is 0 Å². The largest absolute Gasteiger partial charge is 0.496 e. The molecule has 1 atom stereocenters. The van der Waals surface area contributed by atoms with E-state index in [0.717, 1.165) is 12.2 Å². The second kappa shape index (κ2) is 6.42. The van der Waals surface area contributed by atoms with Gasteiger partial charge in [-0.2, -0.15) is 0 Å². The van der Waals surface area contributed by atoms with Gasteiger partial charge in [-0.1, -0.05) is 46.8 Å². The Balaban J connectivity index is 3.22. The highest BCUT2D eigenvalue weighted by Gasteiger charge is 2.27. The van der Waals surface area contributed by atoms with E-state index in [1.807, 2.05) is 0 Å². The molecule has 1 rings (SSSR count). The minimum atomic E-state index is 0.0457. The summed E-state index contributed by atoms with van der Waals surface area (Å²) in [5.74, 6) is 2.07. The number of nitrogens with two attached hydrogens (primary N) is 1. The van der Waals surface area contributed by atoms with Crippen LogP contribution in [-0.4, -0.2) is 13.7 Å². The molecule has 1 aromatic rings. The molecule has 0 heterocycles. The molecule has 2 nitrogen and oxygen atoms in total. The number of hydrogen-bond donors (Lipinski definition) is 1. The van der Waals surface area contributed by atoms with Gasteiger partial charge in [0, 0.05) is 12.0 Å². The van der Waals surface area contributed by atoms with E-state index >= 15 is 0 Å². The number of methoxy groups -OCH3 is 1. The summed E-state index contributed by atoms with van der Waals surface area (Å²) < 4.78 is 5.46. The van der Waals surface area contributed by atoms with E-state index in [9.17, 15) is 0 Å². The zero-order valence-corrected chi connectivity index (χ0v) is 13.3. The van der Waals surface area contributed by atoms with Crippen LogP contribution in [0.15, 0.2) is 18.2 Å². The summed E-state index contributed by atoms with van der Waals surface area (Å²) in [4.78, 5) is 0. The van der Waals surface area contributed by atoms with E-state index in [0.29, 0.717) is 18.4 Å². The van der Waals surface area contributed by atoms with E-state index in [1.165, 1.54) is 11.1 Å². The molecule has 1 unspecified atom stereocenters. The highest BCUT2D eigenvalue weighted by Crippen LogP contribution is 2.35. The van der Waals surface area contributed by atoms with Crippen LogP contribution in [0.2, 0.25) is 0 Å². The molecule has 0 spiro atoms. The third kappa shape index (κ3) is 3.73. The molecule has 0 aromatic heterocycles. The molecule has 0 radical (unpaired) electrons. The molecule has 2 N–H and O–H groups in total. The maximum Gasteiger partial charge on any atom is 0.122 e. The van der Waals surface area contributed by atoms with E-state index in [4.69, 9.17) is 10.5 Å². The van der Waals surface area contributed by atoms with Gasteiger partial charge in [-0.3, -0.25) is 0 Å². The minimum absolute atomic E-state index is 0.0457. The Bertz CT molecular complexity index is 412. The van der Waals surface area contributed by atoms with Crippen LogP contribution in [-0.2, 0) is 5.41 Å². The van der Waals surface area contributed by atoms with Gasteiger partial charge < -0.3 is 10.5 Å². The molecule has 0 aliphatic carbocycles. The van der Waals surface area contributed by atoms with Crippen molar-refractivity contribution in [3.63, 3.8) is 0 Å². The zero-order valence-electron chi connectivity index (χ0n) is 13.3. The first-order valence-electron chi connectivity index (χ1n) is 7.22. The van der Waals surface area contributed by atoms with Crippen molar-refractivity contribution in [2.45, 2.75) is 52.4 Å². The molecule has 1 aromatic carbocycles. The van der Waals surface area contributed by atoms with Gasteiger partial charge in [-0.05, 0) is 35.4 Å². The molecular formula is C17H29NO. The lowest BCUT2D eigenvalue weighted by Gasteiger charge is -2.31. The second-order valence-corrected chi connectivity index (χ2v) is 6.47. The molecule has 0 aliphatic rings. The molecule has 0 saturated carbocycles. The summed E-state index contributed by atoms with van der Waals surface area (Å²) in [5, 5.41) is 0. The van der Waals surface area contributed by atoms with Gasteiger partial charge in [0.1, 0.15) is 5.75 Å². The van der Waals surface area contributed by atoms with Crippen molar-refractivity contribution in [1.29, 1.82) is 0 Å². The van der Waals surface area contributed by atoms with Crippen LogP contribution in [0.3, 0.4) is 0 Å². The van der Waals surface area contributed by atoms with Crippen molar-refractivity contribution in [3.8, 4) is 5.75 Å². The summed E-state index contributed by atoms with van der Waals surface area (Å²) in [6.45, 7) is 11.8. The number of rotatable bonds is 6. The van der Waals surface area contributed by atoms with Crippen molar-refractivity contribution in [2.24, 2.45) is 11.7 Å². The van der Waals surface area contributed by atoms with Crippen molar-refractivity contribution in [2.75, 3.05) is 13.7 Å². The van der Waals surface area contributed by atoms with Gasteiger partial charge >= 0.3 is 0 Å². The molecule has 0 bridgehead atoms. The van der Waals surface area contributed by atoms with Crippen LogP contribution in [0.4, 0.5) is 0 Å². The summed E-state index contributed by atoms with van der Waals surface area (Å²) in [6.07, 6.45) is 1.10. The zero-order chi connectivity index (χ0) is 14.6. The molecule has 0 fully saturated rings. The lowest BCUT2D eigenvalue weighted by molar-refractivity contribution is 0.374. The first kappa shape index (κ1) is 16.0. The standard InChI is InChI=1S/C17H29NO/c1-12(2)10-17(5,11-18)14-7-8-16(19-6)15(9-14)13(3)4/h7-9,12-13H,10-11,18H2,1-6H3. The van der Waals surface area contributed by atoms with Crippen LogP contribution in [0.25, 0.3) is 0 Å². The van der Waals surface area contributed by atoms with Gasteiger partial charge in [0.05, 0.1) is 7.11 Å². The third-order valence-electron chi connectivity index (χ3n) is 3.86. The molecule has 0 amide bonds. The molecule has 19 heavy (non-hydrogen) atoms. The quantitative estimate of drug-likeness (QED) is 0.839. The molecule has 108 valence electrons. The highest BCUT2D eigenvalue weighted by atomic mass is 16.5. The Morgan fingerprint density at radius 2 is 1.84 bits per heavy atom. The summed E-state index contributed by atoms with van der Waals surface area (Å²) in [7, 11) is 1.73. The Morgan fingerprint density at radius 3 is 2.26 bits per heavy atom. The summed E-state index contributed by atoms with van der Waals surface area (Å²) >= 11 is 0. The van der Waals surface area contributed by atoms with Gasteiger partial charge in [-0.15, -0.1) is 0 Å². The Morgan fingerprint density at radius 1 is 1.21 bits per heavy atom. The fraction of sp³-hybridized carbons (Fsp3) is 0.647. The van der Waals surface area contributed by atoms with Crippen molar-refractivity contribution in [3.05, 3.63) is 29.3 Å². The third-order valence-corrected chi connectivity index (χ3v) is 3.86. The average Bonchev–Trinajstić information content (AvgIpc) is 2.36. The fourth-order valence-corrected chi connectivity index (χ4v) is 2.78. The first-order valence-corrected chi connectivity index (χ1v) is 7.22. The summed E-state index contributed by atoms with van der Waals surface area (Å²) in [5.41, 5.74) is 8.69. The van der Waals surface area contributed by atoms with Gasteiger partial charge in [-0.25, -0.2) is 0 Å². The predicted octanol–water partition coefficient (Wildman–Crippen LogP) is 4.08. The minimum Gasteiger partial charge on any atom is -0.496 e. The normalized spacial score (nSPS) is 14.8. The van der Waals surface area contributed by atoms with E-state index in [-0.39, 0.29) is 5.41 Å². The van der Waals surface area contributed by atoms with Gasteiger partial charge in [0.25, 0.3) is 0 Å². The number of benzene rings is 1. The smallest absolute Gasteiger partial charge is 0.122 e. The molecule has 0 saturated heterocycles. The summed E-state index contributed by atoms with van der Waals surface area (Å²) in [6, 6.07) is 6.53. The highest BCUT2D eigenvalue weighted by molar-refractivity contribution is 5.42. The van der Waals surface area contributed by atoms with E-state index in [1.54, 1.807) is 7.11 Å². The topological polar surface area (TPSA) is 35.2 Å². The van der Waals surface area contributed by atoms with Crippen LogP contribution in [0, 0.1) is 5.92 Å². The monoisotopic (exact) mass is 263 g/mol. The van der Waals surface area contributed by atoms with Crippen molar-refractivity contribution < 1.29 is 4.74 Å². The van der Waals surface area contributed by atoms with Crippen LogP contribution < -0.4 is 10.5 Å². The number of hydrogen-bond acceptors (Lipinski definition) is 2. The van der Waals surface area contributed by atoms with Gasteiger partial charge in [0.15, 0.2) is 0 Å². The molecular weight excluding hydrogens is 234 g/mol. The predicted molar refractivity (Wildman–Crippen MR) is 82.9 cm³/mol.